The minimum absolute atomic E-state index is 0.0586. The monoisotopic (exact) mass is 344 g/mol. The number of hydrogen-bond donors (Lipinski definition) is 2. The molecule has 2 aromatic rings. The first-order valence-electron chi connectivity index (χ1n) is 8.78. The van der Waals surface area contributed by atoms with E-state index in [1.54, 1.807) is 12.1 Å². The van der Waals surface area contributed by atoms with Crippen molar-refractivity contribution in [3.05, 3.63) is 52.6 Å². The van der Waals surface area contributed by atoms with Gasteiger partial charge in [-0.3, -0.25) is 14.8 Å². The zero-order valence-electron chi connectivity index (χ0n) is 14.8. The quantitative estimate of drug-likeness (QED) is 0.877. The first kappa shape index (κ1) is 17.6. The third kappa shape index (κ3) is 4.45. The number of hydrogen-bond acceptors (Lipinski definition) is 3. The van der Waals surface area contributed by atoms with Crippen molar-refractivity contribution in [2.45, 2.75) is 39.8 Å². The van der Waals surface area contributed by atoms with Crippen molar-refractivity contribution in [2.75, 3.05) is 13.1 Å². The van der Waals surface area contributed by atoms with Crippen LogP contribution in [0.4, 0.5) is 4.39 Å². The van der Waals surface area contributed by atoms with Crippen molar-refractivity contribution in [3.63, 3.8) is 0 Å². The highest BCUT2D eigenvalue weighted by molar-refractivity contribution is 5.78. The lowest BCUT2D eigenvalue weighted by Crippen LogP contribution is -2.40. The van der Waals surface area contributed by atoms with E-state index in [0.29, 0.717) is 6.54 Å². The normalized spacial score (nSPS) is 16.1. The third-order valence-corrected chi connectivity index (χ3v) is 5.00. The maximum Gasteiger partial charge on any atom is 0.223 e. The lowest BCUT2D eigenvalue weighted by atomic mass is 9.95. The highest BCUT2D eigenvalue weighted by Crippen LogP contribution is 2.21. The summed E-state index contributed by atoms with van der Waals surface area (Å²) in [6.45, 7) is 7.24. The van der Waals surface area contributed by atoms with Crippen LogP contribution in [0.15, 0.2) is 24.3 Å². The SMILES string of the molecule is Cc1n[nH]c(C)c1CN1CCC(C(=O)NCc2ccc(F)cc2)CC1. The predicted molar refractivity (Wildman–Crippen MR) is 94.3 cm³/mol. The van der Waals surface area contributed by atoms with Gasteiger partial charge in [-0.25, -0.2) is 4.39 Å². The lowest BCUT2D eigenvalue weighted by molar-refractivity contribution is -0.126. The molecule has 134 valence electrons. The molecule has 1 saturated heterocycles. The van der Waals surface area contributed by atoms with Gasteiger partial charge in [-0.2, -0.15) is 5.10 Å². The Labute approximate surface area is 147 Å². The summed E-state index contributed by atoms with van der Waals surface area (Å²) in [7, 11) is 0. The maximum atomic E-state index is 12.9. The van der Waals surface area contributed by atoms with Gasteiger partial charge in [-0.05, 0) is 57.5 Å². The average molecular weight is 344 g/mol. The van der Waals surface area contributed by atoms with Gasteiger partial charge in [0, 0.05) is 30.3 Å². The molecule has 1 aliphatic heterocycles. The molecule has 0 radical (unpaired) electrons. The van der Waals surface area contributed by atoms with Crippen LogP contribution in [-0.2, 0) is 17.9 Å². The summed E-state index contributed by atoms with van der Waals surface area (Å²) in [5.74, 6) is -0.103. The van der Waals surface area contributed by atoms with Crippen LogP contribution >= 0.6 is 0 Å². The standard InChI is InChI=1S/C19H25FN4O/c1-13-18(14(2)23-22-13)12-24-9-7-16(8-10-24)19(25)21-11-15-3-5-17(20)6-4-15/h3-6,16H,7-12H2,1-2H3,(H,21,25)(H,22,23). The first-order chi connectivity index (χ1) is 12.0. The fraction of sp³-hybridized carbons (Fsp3) is 0.474. The number of piperidine rings is 1. The van der Waals surface area contributed by atoms with E-state index in [1.165, 1.54) is 17.7 Å². The van der Waals surface area contributed by atoms with E-state index in [4.69, 9.17) is 0 Å². The maximum absolute atomic E-state index is 12.9. The number of nitrogens with one attached hydrogen (secondary N) is 2. The number of likely N-dealkylation sites (tertiary alicyclic amines) is 1. The number of carbonyl (C=O) groups is 1. The summed E-state index contributed by atoms with van der Waals surface area (Å²) in [6, 6.07) is 6.24. The molecule has 1 aromatic heterocycles. The molecule has 6 heteroatoms. The third-order valence-electron chi connectivity index (χ3n) is 5.00. The minimum Gasteiger partial charge on any atom is -0.352 e. The second-order valence-corrected chi connectivity index (χ2v) is 6.81. The number of benzene rings is 1. The second kappa shape index (κ2) is 7.78. The van der Waals surface area contributed by atoms with Crippen molar-refractivity contribution >= 4 is 5.91 Å². The van der Waals surface area contributed by atoms with Crippen molar-refractivity contribution in [2.24, 2.45) is 5.92 Å². The Morgan fingerprint density at radius 2 is 1.96 bits per heavy atom. The summed E-state index contributed by atoms with van der Waals surface area (Å²) in [6.07, 6.45) is 1.73. The molecule has 1 aromatic carbocycles. The van der Waals surface area contributed by atoms with Crippen molar-refractivity contribution in [3.8, 4) is 0 Å². The van der Waals surface area contributed by atoms with Crippen LogP contribution in [0.3, 0.4) is 0 Å². The van der Waals surface area contributed by atoms with Gasteiger partial charge in [0.1, 0.15) is 5.82 Å². The Hall–Kier alpha value is -2.21. The zero-order chi connectivity index (χ0) is 17.8. The molecule has 1 aliphatic rings. The highest BCUT2D eigenvalue weighted by atomic mass is 19.1. The number of carbonyl (C=O) groups excluding carboxylic acids is 1. The van der Waals surface area contributed by atoms with Gasteiger partial charge in [0.2, 0.25) is 5.91 Å². The van der Waals surface area contributed by atoms with Gasteiger partial charge in [0.15, 0.2) is 0 Å². The van der Waals surface area contributed by atoms with E-state index in [9.17, 15) is 9.18 Å². The number of aryl methyl sites for hydroxylation is 2. The van der Waals surface area contributed by atoms with Crippen molar-refractivity contribution in [1.82, 2.24) is 20.4 Å². The first-order valence-corrected chi connectivity index (χ1v) is 8.78. The van der Waals surface area contributed by atoms with E-state index in [2.05, 4.69) is 20.4 Å². The summed E-state index contributed by atoms with van der Waals surface area (Å²) < 4.78 is 12.9. The fourth-order valence-electron chi connectivity index (χ4n) is 3.32. The summed E-state index contributed by atoms with van der Waals surface area (Å²) in [5, 5.41) is 10.2. The molecular weight excluding hydrogens is 319 g/mol. The Morgan fingerprint density at radius 3 is 2.56 bits per heavy atom. The van der Waals surface area contributed by atoms with Gasteiger partial charge in [-0.15, -0.1) is 0 Å². The Kier molecular flexibility index (Phi) is 5.48. The number of nitrogens with zero attached hydrogens (tertiary/aromatic N) is 2. The molecule has 1 fully saturated rings. The fourth-order valence-corrected chi connectivity index (χ4v) is 3.32. The van der Waals surface area contributed by atoms with E-state index in [-0.39, 0.29) is 17.6 Å². The molecule has 0 bridgehead atoms. The smallest absolute Gasteiger partial charge is 0.223 e. The van der Waals surface area contributed by atoms with Crippen LogP contribution in [-0.4, -0.2) is 34.1 Å². The largest absolute Gasteiger partial charge is 0.352 e. The number of rotatable bonds is 5. The molecular formula is C19H25FN4O. The molecule has 5 nitrogen and oxygen atoms in total. The number of amides is 1. The number of aromatic nitrogens is 2. The Morgan fingerprint density at radius 1 is 1.28 bits per heavy atom. The number of halogens is 1. The highest BCUT2D eigenvalue weighted by Gasteiger charge is 2.25. The summed E-state index contributed by atoms with van der Waals surface area (Å²) in [4.78, 5) is 14.7. The molecule has 2 N–H and O–H groups in total. The van der Waals surface area contributed by atoms with Gasteiger partial charge < -0.3 is 5.32 Å². The molecule has 2 heterocycles. The molecule has 0 unspecified atom stereocenters. The van der Waals surface area contributed by atoms with Crippen molar-refractivity contribution in [1.29, 1.82) is 0 Å². The van der Waals surface area contributed by atoms with E-state index >= 15 is 0 Å². The summed E-state index contributed by atoms with van der Waals surface area (Å²) in [5.41, 5.74) is 4.35. The molecule has 25 heavy (non-hydrogen) atoms. The predicted octanol–water partition coefficient (Wildman–Crippen LogP) is 2.69. The van der Waals surface area contributed by atoms with Gasteiger partial charge in [0.25, 0.3) is 0 Å². The lowest BCUT2D eigenvalue weighted by Gasteiger charge is -2.31. The van der Waals surface area contributed by atoms with Crippen LogP contribution in [0.1, 0.15) is 35.4 Å². The van der Waals surface area contributed by atoms with Crippen LogP contribution in [0, 0.1) is 25.6 Å². The van der Waals surface area contributed by atoms with Crippen LogP contribution < -0.4 is 5.32 Å². The Bertz CT molecular complexity index is 698. The van der Waals surface area contributed by atoms with Gasteiger partial charge >= 0.3 is 0 Å². The topological polar surface area (TPSA) is 61.0 Å². The van der Waals surface area contributed by atoms with Crippen molar-refractivity contribution < 1.29 is 9.18 Å². The molecule has 0 atom stereocenters. The zero-order valence-corrected chi connectivity index (χ0v) is 14.8. The van der Waals surface area contributed by atoms with Gasteiger partial charge in [-0.1, -0.05) is 12.1 Å². The van der Waals surface area contributed by atoms with Gasteiger partial charge in [0.05, 0.1) is 5.69 Å². The molecule has 1 amide bonds. The second-order valence-electron chi connectivity index (χ2n) is 6.81. The van der Waals surface area contributed by atoms with E-state index in [0.717, 1.165) is 49.4 Å². The summed E-state index contributed by atoms with van der Waals surface area (Å²) >= 11 is 0. The minimum atomic E-state index is -0.259. The molecule has 3 rings (SSSR count). The van der Waals surface area contributed by atoms with Crippen LogP contribution in [0.2, 0.25) is 0 Å². The van der Waals surface area contributed by atoms with Crippen LogP contribution in [0.25, 0.3) is 0 Å². The van der Waals surface area contributed by atoms with E-state index < -0.39 is 0 Å². The number of H-pyrrole nitrogens is 1. The molecule has 0 aliphatic carbocycles. The average Bonchev–Trinajstić information content (AvgIpc) is 2.93. The Balaban J connectivity index is 1.45. The number of aromatic amines is 1. The molecule has 0 saturated carbocycles. The van der Waals surface area contributed by atoms with Crippen LogP contribution in [0.5, 0.6) is 0 Å². The molecule has 0 spiro atoms. The van der Waals surface area contributed by atoms with E-state index in [1.807, 2.05) is 13.8 Å².